The van der Waals surface area contributed by atoms with Crippen LogP contribution >= 0.6 is 0 Å². The summed E-state index contributed by atoms with van der Waals surface area (Å²) >= 11 is 0. The van der Waals surface area contributed by atoms with Crippen molar-refractivity contribution in [2.45, 2.75) is 113 Å². The van der Waals surface area contributed by atoms with Crippen LogP contribution in [0.5, 0.6) is 0 Å². The molecule has 17 heteroatoms. The number of hydrogen-bond acceptors (Lipinski definition) is 9. The van der Waals surface area contributed by atoms with Crippen LogP contribution in [-0.4, -0.2) is 86.7 Å². The highest BCUT2D eigenvalue weighted by atomic mass is 16.2. The minimum absolute atomic E-state index is 0.000918. The Balaban J connectivity index is 1.12. The van der Waals surface area contributed by atoms with Gasteiger partial charge in [-0.3, -0.25) is 28.8 Å². The fourth-order valence-electron chi connectivity index (χ4n) is 9.34. The van der Waals surface area contributed by atoms with Gasteiger partial charge in [-0.1, -0.05) is 141 Å². The molecule has 17 nitrogen and oxygen atoms in total. The van der Waals surface area contributed by atoms with Crippen molar-refractivity contribution in [1.29, 1.82) is 0 Å². The Morgan fingerprint density at radius 2 is 1.22 bits per heavy atom. The summed E-state index contributed by atoms with van der Waals surface area (Å²) < 4.78 is 1.87. The maximum atomic E-state index is 14.8. The molecular weight excluding hydrogens is 911 g/mol. The monoisotopic (exact) mass is 978 g/mol. The van der Waals surface area contributed by atoms with Gasteiger partial charge in [0, 0.05) is 49.1 Å². The third-order valence-electron chi connectivity index (χ3n) is 13.3. The zero-order valence-electron chi connectivity index (χ0n) is 40.5. The minimum Gasteiger partial charge on any atom is -0.368 e. The lowest BCUT2D eigenvalue weighted by atomic mass is 9.84. The van der Waals surface area contributed by atoms with Crippen molar-refractivity contribution in [2.24, 2.45) is 23.1 Å². The number of hydrogen-bond donors (Lipinski definition) is 9. The van der Waals surface area contributed by atoms with Crippen LogP contribution < -0.4 is 43.8 Å². The van der Waals surface area contributed by atoms with E-state index in [9.17, 15) is 28.8 Å². The van der Waals surface area contributed by atoms with Crippen molar-refractivity contribution >= 4 is 46.3 Å². The maximum absolute atomic E-state index is 14.8. The molecule has 12 N–H and O–H groups in total. The fourth-order valence-corrected chi connectivity index (χ4v) is 9.34. The van der Waals surface area contributed by atoms with Crippen molar-refractivity contribution in [3.63, 3.8) is 0 Å². The zero-order valence-corrected chi connectivity index (χ0v) is 40.5. The number of aromatic amines is 1. The van der Waals surface area contributed by atoms with Crippen LogP contribution in [0.2, 0.25) is 0 Å². The Morgan fingerprint density at radius 3 is 1.90 bits per heavy atom. The Kier molecular flexibility index (Phi) is 18.9. The number of nitrogens with one attached hydrogen (secondary N) is 6. The van der Waals surface area contributed by atoms with Crippen LogP contribution in [0.25, 0.3) is 10.9 Å². The first-order valence-corrected chi connectivity index (χ1v) is 24.9. The largest absolute Gasteiger partial charge is 0.368 e. The number of fused-ring (bicyclic) bond motifs is 1. The first-order valence-electron chi connectivity index (χ1n) is 24.9. The average Bonchev–Trinajstić information content (AvgIpc) is 4.03. The SMILES string of the molecule is NCCC[C@H](N)C(=O)N[C@H](Cc1c[nH]c2ccccc12)C(=O)N[C@@H](CC1CCCCC1)C(=O)N[C@H](C(=O)N[C@H](Cc1ccccc1)C(=O)N[C@@H](Cc1cn(Cc2ccccc2)cn1)C(N)=O)c1ccccc1. The van der Waals surface area contributed by atoms with Crippen molar-refractivity contribution in [3.05, 3.63) is 162 Å². The number of amides is 6. The van der Waals surface area contributed by atoms with Gasteiger partial charge in [0.05, 0.1) is 18.1 Å². The van der Waals surface area contributed by atoms with Gasteiger partial charge in [0.15, 0.2) is 0 Å². The lowest BCUT2D eigenvalue weighted by Gasteiger charge is -2.30. The Labute approximate surface area is 419 Å². The first kappa shape index (κ1) is 52.2. The molecule has 6 aromatic rings. The number of rotatable bonds is 25. The van der Waals surface area contributed by atoms with E-state index in [0.717, 1.165) is 59.7 Å². The van der Waals surface area contributed by atoms with Gasteiger partial charge in [0.2, 0.25) is 35.4 Å². The zero-order chi connectivity index (χ0) is 50.8. The molecule has 1 aliphatic rings. The summed E-state index contributed by atoms with van der Waals surface area (Å²) in [4.78, 5) is 92.7. The number of carbonyl (C=O) groups is 6. The van der Waals surface area contributed by atoms with E-state index >= 15 is 0 Å². The van der Waals surface area contributed by atoms with E-state index in [0.29, 0.717) is 37.2 Å². The highest BCUT2D eigenvalue weighted by Crippen LogP contribution is 2.28. The molecule has 1 aliphatic carbocycles. The Morgan fingerprint density at radius 1 is 0.639 bits per heavy atom. The summed E-state index contributed by atoms with van der Waals surface area (Å²) in [7, 11) is 0. The first-order chi connectivity index (χ1) is 34.9. The predicted molar refractivity (Wildman–Crippen MR) is 275 cm³/mol. The van der Waals surface area contributed by atoms with E-state index < -0.39 is 71.7 Å². The van der Waals surface area contributed by atoms with Crippen LogP contribution in [0, 0.1) is 5.92 Å². The number of aromatic nitrogens is 3. The molecule has 0 spiro atoms. The molecular formula is C55H67N11O6. The third kappa shape index (κ3) is 14.9. The number of imidazole rings is 1. The lowest BCUT2D eigenvalue weighted by Crippen LogP contribution is -2.58. The molecule has 4 aromatic carbocycles. The second kappa shape index (κ2) is 26.0. The van der Waals surface area contributed by atoms with Gasteiger partial charge in [-0.2, -0.15) is 0 Å². The summed E-state index contributed by atoms with van der Waals surface area (Å²) in [6.07, 6.45) is 11.2. The van der Waals surface area contributed by atoms with Crippen LogP contribution in [-0.2, 0) is 54.6 Å². The normalized spacial score (nSPS) is 15.2. The molecule has 1 fully saturated rings. The van der Waals surface area contributed by atoms with E-state index in [1.54, 1.807) is 49.1 Å². The number of benzene rings is 4. The molecule has 72 heavy (non-hydrogen) atoms. The fraction of sp³-hybridized carbons (Fsp3) is 0.364. The van der Waals surface area contributed by atoms with E-state index in [-0.39, 0.29) is 31.6 Å². The van der Waals surface area contributed by atoms with Crippen molar-refractivity contribution in [3.8, 4) is 0 Å². The molecule has 2 aromatic heterocycles. The highest BCUT2D eigenvalue weighted by molar-refractivity contribution is 5.97. The molecule has 0 bridgehead atoms. The van der Waals surface area contributed by atoms with Crippen LogP contribution in [0.4, 0.5) is 0 Å². The lowest BCUT2D eigenvalue weighted by molar-refractivity contribution is -0.135. The summed E-state index contributed by atoms with van der Waals surface area (Å²) in [6.45, 7) is 0.899. The molecule has 7 rings (SSSR count). The van der Waals surface area contributed by atoms with Crippen LogP contribution in [0.3, 0.4) is 0 Å². The van der Waals surface area contributed by atoms with Crippen LogP contribution in [0.15, 0.2) is 134 Å². The number of H-pyrrole nitrogens is 1. The van der Waals surface area contributed by atoms with E-state index in [1.165, 1.54) is 0 Å². The highest BCUT2D eigenvalue weighted by Gasteiger charge is 2.35. The summed E-state index contributed by atoms with van der Waals surface area (Å²) in [5, 5.41) is 15.3. The number of nitrogens with two attached hydrogens (primary N) is 3. The van der Waals surface area contributed by atoms with Crippen LogP contribution in [0.1, 0.15) is 85.4 Å². The number of para-hydroxylation sites is 1. The topological polar surface area (TPSA) is 274 Å². The van der Waals surface area contributed by atoms with Gasteiger partial charge in [0.1, 0.15) is 30.2 Å². The van der Waals surface area contributed by atoms with E-state index in [4.69, 9.17) is 17.2 Å². The number of carbonyl (C=O) groups excluding carboxylic acids is 6. The Bertz CT molecular complexity index is 2720. The molecule has 0 radical (unpaired) electrons. The molecule has 2 heterocycles. The third-order valence-corrected chi connectivity index (χ3v) is 13.3. The average molecular weight is 978 g/mol. The van der Waals surface area contributed by atoms with E-state index in [2.05, 4.69) is 36.6 Å². The quantitative estimate of drug-likeness (QED) is 0.0404. The summed E-state index contributed by atoms with van der Waals surface area (Å²) in [6, 6.07) is 28.2. The van der Waals surface area contributed by atoms with Gasteiger partial charge in [-0.25, -0.2) is 4.98 Å². The van der Waals surface area contributed by atoms with Gasteiger partial charge in [-0.05, 0) is 60.0 Å². The van der Waals surface area contributed by atoms with Crippen molar-refractivity contribution in [1.82, 2.24) is 41.1 Å². The Hall–Kier alpha value is -7.63. The van der Waals surface area contributed by atoms with E-state index in [1.807, 2.05) is 89.5 Å². The molecule has 0 aliphatic heterocycles. The van der Waals surface area contributed by atoms with Crippen molar-refractivity contribution < 1.29 is 28.8 Å². The van der Waals surface area contributed by atoms with Gasteiger partial charge < -0.3 is 53.3 Å². The molecule has 6 atom stereocenters. The molecule has 1 saturated carbocycles. The predicted octanol–water partition coefficient (Wildman–Crippen LogP) is 3.76. The summed E-state index contributed by atoms with van der Waals surface area (Å²) in [5.74, 6) is -3.82. The smallest absolute Gasteiger partial charge is 0.247 e. The van der Waals surface area contributed by atoms with Crippen molar-refractivity contribution in [2.75, 3.05) is 6.54 Å². The standard InChI is InChI=1S/C55H67N11O6/c56-27-15-25-43(57)51(68)62-48(30-40-32-59-44-26-14-13-24-42(40)44)53(70)63-47(29-37-18-7-2-8-19-37)54(71)65-49(39-22-11-4-12-23-39)55(72)64-46(28-36-16-5-1-6-17-36)52(69)61-45(50(58)67)31-41-34-66(35-60-41)33-38-20-9-3-10-21-38/h1,3-6,9-14,16-17,20-24,26,32,34-35,37,43,45-49,59H,2,7-8,15,18-19,25,27-31,33,56-57H2,(H2,58,67)(H,61,69)(H,62,68)(H,63,70)(H,64,72)(H,65,71)/t43-,45-,46+,47-,48+,49-/m0/s1. The number of nitrogens with zero attached hydrogens (tertiary/aromatic N) is 2. The molecule has 0 unspecified atom stereocenters. The molecule has 0 saturated heterocycles. The van der Waals surface area contributed by atoms with Gasteiger partial charge in [-0.15, -0.1) is 0 Å². The minimum atomic E-state index is -1.33. The van der Waals surface area contributed by atoms with Gasteiger partial charge in [0.25, 0.3) is 0 Å². The summed E-state index contributed by atoms with van der Waals surface area (Å²) in [5.41, 5.74) is 22.2. The van der Waals surface area contributed by atoms with Gasteiger partial charge >= 0.3 is 0 Å². The number of primary amides is 1. The second-order valence-corrected chi connectivity index (χ2v) is 18.8. The second-order valence-electron chi connectivity index (χ2n) is 18.8. The maximum Gasteiger partial charge on any atom is 0.247 e. The molecule has 378 valence electrons. The molecule has 6 amide bonds.